The second kappa shape index (κ2) is 9.92. The van der Waals surface area contributed by atoms with Gasteiger partial charge in [-0.15, -0.1) is 0 Å². The van der Waals surface area contributed by atoms with E-state index in [1.807, 2.05) is 49.4 Å². The molecular formula is C24H22ClNO4S2. The number of halogens is 1. The van der Waals surface area contributed by atoms with Crippen molar-refractivity contribution in [3.8, 4) is 16.6 Å². The fourth-order valence-corrected chi connectivity index (χ4v) is 5.81. The molecule has 3 aromatic carbocycles. The van der Waals surface area contributed by atoms with E-state index in [0.717, 1.165) is 39.8 Å². The maximum absolute atomic E-state index is 12.9. The number of benzene rings is 3. The van der Waals surface area contributed by atoms with Crippen molar-refractivity contribution in [2.45, 2.75) is 24.1 Å². The van der Waals surface area contributed by atoms with Crippen molar-refractivity contribution in [1.82, 2.24) is 4.72 Å². The highest BCUT2D eigenvalue weighted by Gasteiger charge is 2.21. The zero-order valence-electron chi connectivity index (χ0n) is 17.4. The van der Waals surface area contributed by atoms with Gasteiger partial charge in [0.2, 0.25) is 5.06 Å². The molecule has 4 rings (SSSR count). The largest absolute Gasteiger partial charge is 0.494 e. The van der Waals surface area contributed by atoms with E-state index >= 15 is 0 Å². The number of ether oxygens (including phenoxy) is 2. The first kappa shape index (κ1) is 22.6. The summed E-state index contributed by atoms with van der Waals surface area (Å²) in [6.07, 6.45) is 0.925. The molecule has 1 aromatic heterocycles. The first-order chi connectivity index (χ1) is 15.5. The van der Waals surface area contributed by atoms with Gasteiger partial charge < -0.3 is 9.47 Å². The second-order valence-corrected chi connectivity index (χ2v) is 10.5. The van der Waals surface area contributed by atoms with Gasteiger partial charge in [-0.05, 0) is 53.1 Å². The summed E-state index contributed by atoms with van der Waals surface area (Å²) in [5.74, 6) is 1.29. The second-order valence-electron chi connectivity index (χ2n) is 7.09. The Morgan fingerprint density at radius 3 is 2.47 bits per heavy atom. The lowest BCUT2D eigenvalue weighted by Crippen LogP contribution is -2.22. The molecule has 5 nitrogen and oxygen atoms in total. The predicted octanol–water partition coefficient (Wildman–Crippen LogP) is 6.61. The summed E-state index contributed by atoms with van der Waals surface area (Å²) in [7, 11) is -3.75. The summed E-state index contributed by atoms with van der Waals surface area (Å²) in [6.45, 7) is 2.86. The molecular weight excluding hydrogens is 466 g/mol. The number of thiophene rings is 1. The van der Waals surface area contributed by atoms with Crippen LogP contribution in [0.1, 0.15) is 18.9 Å². The Balaban J connectivity index is 1.47. The van der Waals surface area contributed by atoms with Gasteiger partial charge >= 0.3 is 0 Å². The van der Waals surface area contributed by atoms with Gasteiger partial charge in [-0.1, -0.05) is 72.3 Å². The molecule has 0 atom stereocenters. The topological polar surface area (TPSA) is 64.6 Å². The number of fused-ring (bicyclic) bond motifs is 1. The smallest absolute Gasteiger partial charge is 0.250 e. The molecule has 166 valence electrons. The van der Waals surface area contributed by atoms with Crippen LogP contribution in [-0.2, 0) is 16.6 Å². The molecule has 32 heavy (non-hydrogen) atoms. The van der Waals surface area contributed by atoms with Gasteiger partial charge in [-0.3, -0.25) is 0 Å². The monoisotopic (exact) mass is 487 g/mol. The van der Waals surface area contributed by atoms with E-state index in [0.29, 0.717) is 17.4 Å². The molecule has 1 heterocycles. The van der Waals surface area contributed by atoms with Crippen LogP contribution < -0.4 is 14.2 Å². The van der Waals surface area contributed by atoms with Crippen molar-refractivity contribution in [1.29, 1.82) is 0 Å². The van der Waals surface area contributed by atoms with Crippen LogP contribution in [0.4, 0.5) is 0 Å². The van der Waals surface area contributed by atoms with Gasteiger partial charge in [0.1, 0.15) is 15.7 Å². The Labute approximate surface area is 196 Å². The van der Waals surface area contributed by atoms with Crippen LogP contribution >= 0.6 is 22.9 Å². The Bertz CT molecular complexity index is 1310. The Kier molecular flexibility index (Phi) is 7.01. The van der Waals surface area contributed by atoms with Crippen molar-refractivity contribution >= 4 is 43.7 Å². The predicted molar refractivity (Wildman–Crippen MR) is 130 cm³/mol. The zero-order valence-corrected chi connectivity index (χ0v) is 19.8. The summed E-state index contributed by atoms with van der Waals surface area (Å²) in [4.78, 5) is 0. The first-order valence-electron chi connectivity index (χ1n) is 10.1. The molecule has 8 heteroatoms. The highest BCUT2D eigenvalue weighted by Crippen LogP contribution is 2.40. The van der Waals surface area contributed by atoms with Crippen LogP contribution in [0.2, 0.25) is 5.02 Å². The summed E-state index contributed by atoms with van der Waals surface area (Å²) in [5.41, 5.74) is 0.899. The fourth-order valence-electron chi connectivity index (χ4n) is 3.16. The molecule has 0 fully saturated rings. The van der Waals surface area contributed by atoms with Crippen molar-refractivity contribution in [2.75, 3.05) is 6.61 Å². The van der Waals surface area contributed by atoms with Crippen molar-refractivity contribution in [3.63, 3.8) is 0 Å². The first-order valence-corrected chi connectivity index (χ1v) is 12.8. The molecule has 0 amide bonds. The summed E-state index contributed by atoms with van der Waals surface area (Å²) < 4.78 is 39.9. The van der Waals surface area contributed by atoms with Crippen molar-refractivity contribution in [2.24, 2.45) is 0 Å². The van der Waals surface area contributed by atoms with E-state index in [1.165, 1.54) is 6.07 Å². The molecule has 0 aliphatic heterocycles. The maximum atomic E-state index is 12.9. The summed E-state index contributed by atoms with van der Waals surface area (Å²) >= 11 is 7.25. The zero-order chi connectivity index (χ0) is 22.6. The van der Waals surface area contributed by atoms with Crippen LogP contribution in [0.3, 0.4) is 0 Å². The summed E-state index contributed by atoms with van der Waals surface area (Å²) in [6, 6.07) is 22.2. The minimum atomic E-state index is -3.75. The molecule has 0 radical (unpaired) electrons. The fraction of sp³-hybridized carbons (Fsp3) is 0.167. The van der Waals surface area contributed by atoms with Crippen LogP contribution in [-0.4, -0.2) is 15.0 Å². The quantitative estimate of drug-likeness (QED) is 0.288. The Hall–Kier alpha value is -2.58. The van der Waals surface area contributed by atoms with Gasteiger partial charge in [0.15, 0.2) is 0 Å². The number of hydrogen-bond acceptors (Lipinski definition) is 5. The highest BCUT2D eigenvalue weighted by molar-refractivity contribution is 7.91. The number of rotatable bonds is 9. The highest BCUT2D eigenvalue weighted by atomic mass is 35.5. The molecule has 0 bridgehead atoms. The lowest BCUT2D eigenvalue weighted by atomic mass is 10.1. The van der Waals surface area contributed by atoms with Gasteiger partial charge in [-0.2, -0.15) is 0 Å². The number of sulfonamides is 1. The van der Waals surface area contributed by atoms with Crippen molar-refractivity contribution < 1.29 is 17.9 Å². The Morgan fingerprint density at radius 2 is 1.69 bits per heavy atom. The molecule has 0 unspecified atom stereocenters. The molecule has 0 aliphatic carbocycles. The molecule has 0 saturated carbocycles. The van der Waals surface area contributed by atoms with Crippen LogP contribution in [0.5, 0.6) is 16.6 Å². The van der Waals surface area contributed by atoms with E-state index < -0.39 is 10.0 Å². The van der Waals surface area contributed by atoms with E-state index in [1.54, 1.807) is 24.3 Å². The van der Waals surface area contributed by atoms with Crippen LogP contribution in [0.15, 0.2) is 77.0 Å². The third kappa shape index (κ3) is 5.24. The molecule has 0 saturated heterocycles. The average molecular weight is 488 g/mol. The SMILES string of the molecule is CCCOc1ccc(Oc2sc(S(=O)(=O)NCc3cccc4ccccc34)cc2Cl)cc1. The third-order valence-electron chi connectivity index (χ3n) is 4.74. The maximum Gasteiger partial charge on any atom is 0.250 e. The van der Waals surface area contributed by atoms with Gasteiger partial charge in [0.05, 0.1) is 11.6 Å². The molecule has 0 spiro atoms. The van der Waals surface area contributed by atoms with Gasteiger partial charge in [0, 0.05) is 6.54 Å². The van der Waals surface area contributed by atoms with E-state index in [4.69, 9.17) is 21.1 Å². The average Bonchev–Trinajstić information content (AvgIpc) is 3.18. The number of nitrogens with one attached hydrogen (secondary N) is 1. The lowest BCUT2D eigenvalue weighted by molar-refractivity contribution is 0.317. The van der Waals surface area contributed by atoms with Gasteiger partial charge in [0.25, 0.3) is 10.0 Å². The third-order valence-corrected chi connectivity index (χ3v) is 8.02. The van der Waals surface area contributed by atoms with E-state index in [-0.39, 0.29) is 15.8 Å². The van der Waals surface area contributed by atoms with Crippen LogP contribution in [0, 0.1) is 0 Å². The standard InChI is InChI=1S/C24H22ClNO4S2/c1-2-14-29-19-10-12-20(13-11-19)30-24-22(25)15-23(31-24)32(27,28)26-16-18-8-5-7-17-6-3-4-9-21(17)18/h3-13,15,26H,2,14,16H2,1H3. The minimum absolute atomic E-state index is 0.0978. The van der Waals surface area contributed by atoms with Crippen molar-refractivity contribution in [3.05, 3.63) is 83.4 Å². The normalized spacial score (nSPS) is 11.6. The number of hydrogen-bond donors (Lipinski definition) is 1. The van der Waals surface area contributed by atoms with Gasteiger partial charge in [-0.25, -0.2) is 13.1 Å². The van der Waals surface area contributed by atoms with E-state index in [9.17, 15) is 8.42 Å². The molecule has 1 N–H and O–H groups in total. The van der Waals surface area contributed by atoms with Crippen LogP contribution in [0.25, 0.3) is 10.8 Å². The molecule has 0 aliphatic rings. The van der Waals surface area contributed by atoms with E-state index in [2.05, 4.69) is 4.72 Å². The minimum Gasteiger partial charge on any atom is -0.494 e. The Morgan fingerprint density at radius 1 is 0.969 bits per heavy atom. The lowest BCUT2D eigenvalue weighted by Gasteiger charge is -2.08. The molecule has 4 aromatic rings. The summed E-state index contributed by atoms with van der Waals surface area (Å²) in [5, 5.41) is 2.63.